The SMILES string of the molecule is COc1c(C)cc(C(=O)C2CCCN(c3nc(C)ccc3C(N)=O)C2)cc1C. The number of methoxy groups -OCH3 is 1. The Morgan fingerprint density at radius 3 is 2.46 bits per heavy atom. The predicted molar refractivity (Wildman–Crippen MR) is 109 cm³/mol. The molecule has 1 atom stereocenters. The average Bonchev–Trinajstić information content (AvgIpc) is 2.67. The van der Waals surface area contributed by atoms with Crippen molar-refractivity contribution in [2.45, 2.75) is 33.6 Å². The van der Waals surface area contributed by atoms with E-state index in [0.717, 1.165) is 42.0 Å². The lowest BCUT2D eigenvalue weighted by Crippen LogP contribution is -2.40. The van der Waals surface area contributed by atoms with E-state index in [9.17, 15) is 9.59 Å². The number of carbonyl (C=O) groups is 2. The number of hydrogen-bond acceptors (Lipinski definition) is 5. The number of piperidine rings is 1. The monoisotopic (exact) mass is 381 g/mol. The minimum absolute atomic E-state index is 0.117. The molecular formula is C22H27N3O3. The third kappa shape index (κ3) is 3.86. The second-order valence-corrected chi connectivity index (χ2v) is 7.48. The van der Waals surface area contributed by atoms with E-state index in [-0.39, 0.29) is 11.7 Å². The number of amides is 1. The molecule has 0 saturated carbocycles. The fourth-order valence-electron chi connectivity index (χ4n) is 4.01. The molecule has 0 radical (unpaired) electrons. The van der Waals surface area contributed by atoms with E-state index >= 15 is 0 Å². The Balaban J connectivity index is 1.87. The Labute approximate surface area is 165 Å². The number of carbonyl (C=O) groups excluding carboxylic acids is 2. The second kappa shape index (κ2) is 8.00. The van der Waals surface area contributed by atoms with Gasteiger partial charge in [-0.15, -0.1) is 0 Å². The highest BCUT2D eigenvalue weighted by Gasteiger charge is 2.29. The number of nitrogens with two attached hydrogens (primary N) is 1. The molecule has 1 aliphatic rings. The van der Waals surface area contributed by atoms with Gasteiger partial charge in [0.25, 0.3) is 5.91 Å². The molecule has 0 bridgehead atoms. The maximum atomic E-state index is 13.2. The van der Waals surface area contributed by atoms with Crippen molar-refractivity contribution in [1.29, 1.82) is 0 Å². The lowest BCUT2D eigenvalue weighted by Gasteiger charge is -2.34. The zero-order chi connectivity index (χ0) is 20.4. The zero-order valence-electron chi connectivity index (χ0n) is 16.9. The summed E-state index contributed by atoms with van der Waals surface area (Å²) < 4.78 is 5.41. The molecule has 6 heteroatoms. The van der Waals surface area contributed by atoms with Crippen molar-refractivity contribution in [1.82, 2.24) is 4.98 Å². The number of ether oxygens (including phenoxy) is 1. The number of ketones is 1. The first-order chi connectivity index (χ1) is 13.3. The molecule has 2 N–H and O–H groups in total. The molecule has 1 aromatic carbocycles. The van der Waals surface area contributed by atoms with Crippen LogP contribution in [0.1, 0.15) is 50.4 Å². The number of Topliss-reactive ketones (excluding diaryl/α,β-unsaturated/α-hetero) is 1. The van der Waals surface area contributed by atoms with E-state index in [2.05, 4.69) is 4.98 Å². The van der Waals surface area contributed by atoms with Crippen molar-refractivity contribution in [2.75, 3.05) is 25.1 Å². The van der Waals surface area contributed by atoms with Gasteiger partial charge in [0.1, 0.15) is 11.6 Å². The van der Waals surface area contributed by atoms with Crippen LogP contribution in [-0.2, 0) is 0 Å². The minimum Gasteiger partial charge on any atom is -0.496 e. The van der Waals surface area contributed by atoms with Gasteiger partial charge in [0.05, 0.1) is 12.7 Å². The van der Waals surface area contributed by atoms with Gasteiger partial charge >= 0.3 is 0 Å². The first-order valence-corrected chi connectivity index (χ1v) is 9.53. The van der Waals surface area contributed by atoms with Gasteiger partial charge < -0.3 is 15.4 Å². The summed E-state index contributed by atoms with van der Waals surface area (Å²) in [6.45, 7) is 7.06. The van der Waals surface area contributed by atoms with Crippen LogP contribution in [0.4, 0.5) is 5.82 Å². The second-order valence-electron chi connectivity index (χ2n) is 7.48. The summed E-state index contributed by atoms with van der Waals surface area (Å²) in [5.41, 5.74) is 9.36. The van der Waals surface area contributed by atoms with Crippen LogP contribution >= 0.6 is 0 Å². The number of aryl methyl sites for hydroxylation is 3. The number of anilines is 1. The molecule has 1 unspecified atom stereocenters. The summed E-state index contributed by atoms with van der Waals surface area (Å²) in [4.78, 5) is 31.6. The van der Waals surface area contributed by atoms with E-state index < -0.39 is 5.91 Å². The molecular weight excluding hydrogens is 354 g/mol. The highest BCUT2D eigenvalue weighted by atomic mass is 16.5. The van der Waals surface area contributed by atoms with Crippen LogP contribution in [0.2, 0.25) is 0 Å². The van der Waals surface area contributed by atoms with Crippen LogP contribution in [0.15, 0.2) is 24.3 Å². The van der Waals surface area contributed by atoms with Gasteiger partial charge in [0.2, 0.25) is 0 Å². The Morgan fingerprint density at radius 1 is 1.18 bits per heavy atom. The van der Waals surface area contributed by atoms with Gasteiger partial charge in [-0.1, -0.05) is 0 Å². The molecule has 3 rings (SSSR count). The highest BCUT2D eigenvalue weighted by Crippen LogP contribution is 2.30. The van der Waals surface area contributed by atoms with Crippen molar-refractivity contribution in [2.24, 2.45) is 11.7 Å². The van der Waals surface area contributed by atoms with Crippen molar-refractivity contribution < 1.29 is 14.3 Å². The van der Waals surface area contributed by atoms with Crippen LogP contribution in [-0.4, -0.2) is 36.9 Å². The van der Waals surface area contributed by atoms with Crippen LogP contribution in [0.5, 0.6) is 5.75 Å². The smallest absolute Gasteiger partial charge is 0.252 e. The largest absolute Gasteiger partial charge is 0.496 e. The molecule has 148 valence electrons. The third-order valence-electron chi connectivity index (χ3n) is 5.32. The summed E-state index contributed by atoms with van der Waals surface area (Å²) in [5.74, 6) is 0.858. The van der Waals surface area contributed by atoms with Crippen molar-refractivity contribution in [3.8, 4) is 5.75 Å². The van der Waals surface area contributed by atoms with Crippen LogP contribution < -0.4 is 15.4 Å². The number of hydrogen-bond donors (Lipinski definition) is 1. The Bertz CT molecular complexity index is 900. The molecule has 0 aliphatic carbocycles. The lowest BCUT2D eigenvalue weighted by atomic mass is 9.88. The predicted octanol–water partition coefficient (Wildman–Crippen LogP) is 3.21. The van der Waals surface area contributed by atoms with Gasteiger partial charge in [-0.2, -0.15) is 0 Å². The summed E-state index contributed by atoms with van der Waals surface area (Å²) in [6.07, 6.45) is 1.68. The Kier molecular flexibility index (Phi) is 5.68. The molecule has 1 saturated heterocycles. The number of rotatable bonds is 5. The van der Waals surface area contributed by atoms with Gasteiger partial charge in [-0.05, 0) is 69.0 Å². The number of aromatic nitrogens is 1. The summed E-state index contributed by atoms with van der Waals surface area (Å²) >= 11 is 0. The first kappa shape index (κ1) is 19.9. The normalized spacial score (nSPS) is 16.7. The molecule has 1 fully saturated rings. The maximum absolute atomic E-state index is 13.2. The number of benzene rings is 1. The van der Waals surface area contributed by atoms with Crippen molar-refractivity contribution >= 4 is 17.5 Å². The van der Waals surface area contributed by atoms with E-state index in [1.165, 1.54) is 0 Å². The third-order valence-corrected chi connectivity index (χ3v) is 5.32. The Morgan fingerprint density at radius 2 is 1.86 bits per heavy atom. The number of nitrogens with zero attached hydrogens (tertiary/aromatic N) is 2. The number of primary amides is 1. The highest BCUT2D eigenvalue weighted by molar-refractivity contribution is 6.00. The van der Waals surface area contributed by atoms with Crippen molar-refractivity contribution in [3.05, 3.63) is 52.2 Å². The topological polar surface area (TPSA) is 85.5 Å². The summed E-state index contributed by atoms with van der Waals surface area (Å²) in [7, 11) is 1.64. The molecule has 0 spiro atoms. The summed E-state index contributed by atoms with van der Waals surface area (Å²) in [5, 5.41) is 0. The molecule has 2 heterocycles. The van der Waals surface area contributed by atoms with E-state index in [1.54, 1.807) is 19.2 Å². The van der Waals surface area contributed by atoms with Crippen LogP contribution in [0, 0.1) is 26.7 Å². The van der Waals surface area contributed by atoms with Gasteiger partial charge in [0, 0.05) is 30.3 Å². The lowest BCUT2D eigenvalue weighted by molar-refractivity contribution is 0.0906. The summed E-state index contributed by atoms with van der Waals surface area (Å²) in [6, 6.07) is 7.28. The van der Waals surface area contributed by atoms with Gasteiger partial charge in [-0.3, -0.25) is 9.59 Å². The van der Waals surface area contributed by atoms with Crippen LogP contribution in [0.3, 0.4) is 0 Å². The molecule has 1 amide bonds. The molecule has 2 aromatic rings. The van der Waals surface area contributed by atoms with Gasteiger partial charge in [0.15, 0.2) is 5.78 Å². The van der Waals surface area contributed by atoms with Gasteiger partial charge in [-0.25, -0.2) is 4.98 Å². The fraction of sp³-hybridized carbons (Fsp3) is 0.409. The molecule has 1 aliphatic heterocycles. The molecule has 28 heavy (non-hydrogen) atoms. The van der Waals surface area contributed by atoms with Crippen molar-refractivity contribution in [3.63, 3.8) is 0 Å². The molecule has 1 aromatic heterocycles. The number of pyridine rings is 1. The standard InChI is InChI=1S/C22H27N3O3/c1-13-10-17(11-14(2)20(13)28-4)19(26)16-6-5-9-25(12-16)22-18(21(23)27)8-7-15(3)24-22/h7-8,10-11,16H,5-6,9,12H2,1-4H3,(H2,23,27). The minimum atomic E-state index is -0.502. The van der Waals surface area contributed by atoms with E-state index in [4.69, 9.17) is 10.5 Å². The first-order valence-electron chi connectivity index (χ1n) is 9.53. The van der Waals surface area contributed by atoms with E-state index in [0.29, 0.717) is 23.5 Å². The zero-order valence-corrected chi connectivity index (χ0v) is 16.9. The fourth-order valence-corrected chi connectivity index (χ4v) is 4.01. The average molecular weight is 381 g/mol. The Hall–Kier alpha value is -2.89. The quantitative estimate of drug-likeness (QED) is 0.804. The molecule has 6 nitrogen and oxygen atoms in total. The van der Waals surface area contributed by atoms with E-state index in [1.807, 2.05) is 37.8 Å². The van der Waals surface area contributed by atoms with Crippen LogP contribution in [0.25, 0.3) is 0 Å². The maximum Gasteiger partial charge on any atom is 0.252 e.